The first kappa shape index (κ1) is 13.1. The number of carbonyl (C=O) groups is 1. The number of hydrogen-bond donors (Lipinski definition) is 3. The molecule has 0 bridgehead atoms. The predicted molar refractivity (Wildman–Crippen MR) is 75.7 cm³/mol. The first-order chi connectivity index (χ1) is 10.1. The number of ether oxygens (including phenoxy) is 1. The van der Waals surface area contributed by atoms with Crippen LogP contribution < -0.4 is 4.74 Å². The Bertz CT molecular complexity index is 744. The maximum absolute atomic E-state index is 12.4. The number of Topliss-reactive ketones (excluding diaryl/α,β-unsaturated/α-hetero) is 1. The normalized spacial score (nSPS) is 15.6. The minimum atomic E-state index is -0.478. The van der Waals surface area contributed by atoms with E-state index in [2.05, 4.69) is 0 Å². The van der Waals surface area contributed by atoms with Crippen LogP contribution in [0.4, 0.5) is 0 Å². The molecule has 0 saturated carbocycles. The van der Waals surface area contributed by atoms with Gasteiger partial charge in [-0.2, -0.15) is 0 Å². The quantitative estimate of drug-likeness (QED) is 0.553. The molecule has 0 atom stereocenters. The maximum atomic E-state index is 12.4. The molecule has 106 valence electrons. The van der Waals surface area contributed by atoms with Gasteiger partial charge in [-0.15, -0.1) is 0 Å². The van der Waals surface area contributed by atoms with Gasteiger partial charge >= 0.3 is 0 Å². The SMILES string of the molecule is O=C1/C(=C/c2ccc(O)cc2)COc2ccc(O)c(O)c21. The van der Waals surface area contributed by atoms with Crippen molar-refractivity contribution < 1.29 is 24.9 Å². The molecule has 0 aliphatic carbocycles. The van der Waals surface area contributed by atoms with E-state index in [1.807, 2.05) is 0 Å². The topological polar surface area (TPSA) is 87.0 Å². The van der Waals surface area contributed by atoms with Crippen LogP contribution in [0.2, 0.25) is 0 Å². The summed E-state index contributed by atoms with van der Waals surface area (Å²) in [5.41, 5.74) is 1.04. The highest BCUT2D eigenvalue weighted by Gasteiger charge is 2.28. The number of fused-ring (bicyclic) bond motifs is 1. The van der Waals surface area contributed by atoms with E-state index in [1.54, 1.807) is 18.2 Å². The zero-order chi connectivity index (χ0) is 15.0. The van der Waals surface area contributed by atoms with Gasteiger partial charge in [0.25, 0.3) is 0 Å². The first-order valence-electron chi connectivity index (χ1n) is 6.28. The molecule has 0 radical (unpaired) electrons. The summed E-state index contributed by atoms with van der Waals surface area (Å²) in [6.45, 7) is 0.0803. The van der Waals surface area contributed by atoms with E-state index in [1.165, 1.54) is 24.3 Å². The lowest BCUT2D eigenvalue weighted by Crippen LogP contribution is -2.19. The zero-order valence-corrected chi connectivity index (χ0v) is 10.9. The molecule has 5 nitrogen and oxygen atoms in total. The number of ketones is 1. The van der Waals surface area contributed by atoms with Gasteiger partial charge in [-0.05, 0) is 35.9 Å². The Balaban J connectivity index is 2.02. The van der Waals surface area contributed by atoms with Crippen molar-refractivity contribution >= 4 is 11.9 Å². The highest BCUT2D eigenvalue weighted by molar-refractivity contribution is 6.16. The molecule has 3 N–H and O–H groups in total. The molecule has 3 rings (SSSR count). The molecule has 0 saturated heterocycles. The summed E-state index contributed by atoms with van der Waals surface area (Å²) in [6.07, 6.45) is 1.62. The zero-order valence-electron chi connectivity index (χ0n) is 10.9. The van der Waals surface area contributed by atoms with Gasteiger partial charge in [0.05, 0.1) is 0 Å². The molecule has 0 fully saturated rings. The largest absolute Gasteiger partial charge is 0.508 e. The van der Waals surface area contributed by atoms with Crippen LogP contribution in [0.5, 0.6) is 23.0 Å². The van der Waals surface area contributed by atoms with Gasteiger partial charge in [-0.1, -0.05) is 12.1 Å². The minimum absolute atomic E-state index is 0.0359. The minimum Gasteiger partial charge on any atom is -0.508 e. The Labute approximate surface area is 120 Å². The van der Waals surface area contributed by atoms with Crippen molar-refractivity contribution in [2.24, 2.45) is 0 Å². The van der Waals surface area contributed by atoms with Gasteiger partial charge in [-0.25, -0.2) is 0 Å². The van der Waals surface area contributed by atoms with Crippen LogP contribution in [0.15, 0.2) is 42.0 Å². The van der Waals surface area contributed by atoms with Crippen molar-refractivity contribution in [3.05, 3.63) is 53.1 Å². The van der Waals surface area contributed by atoms with E-state index < -0.39 is 11.5 Å². The fraction of sp³-hybridized carbons (Fsp3) is 0.0625. The second kappa shape index (κ2) is 4.86. The van der Waals surface area contributed by atoms with Gasteiger partial charge in [0, 0.05) is 5.57 Å². The molecular weight excluding hydrogens is 272 g/mol. The van der Waals surface area contributed by atoms with Crippen molar-refractivity contribution in [1.82, 2.24) is 0 Å². The molecular formula is C16H12O5. The Morgan fingerprint density at radius 1 is 1.00 bits per heavy atom. The second-order valence-corrected chi connectivity index (χ2v) is 4.69. The van der Waals surface area contributed by atoms with Crippen molar-refractivity contribution in [2.45, 2.75) is 0 Å². The van der Waals surface area contributed by atoms with Crippen LogP contribution in [-0.2, 0) is 0 Å². The van der Waals surface area contributed by atoms with Crippen molar-refractivity contribution in [2.75, 3.05) is 6.61 Å². The summed E-state index contributed by atoms with van der Waals surface area (Å²) in [6, 6.07) is 9.06. The smallest absolute Gasteiger partial charge is 0.200 e. The number of benzene rings is 2. The lowest BCUT2D eigenvalue weighted by Gasteiger charge is -2.20. The number of phenolic OH excluding ortho intramolecular Hbond substituents is 3. The molecule has 5 heteroatoms. The van der Waals surface area contributed by atoms with Crippen LogP contribution >= 0.6 is 0 Å². The van der Waals surface area contributed by atoms with Crippen LogP contribution in [0.25, 0.3) is 6.08 Å². The van der Waals surface area contributed by atoms with Crippen LogP contribution in [0.3, 0.4) is 0 Å². The van der Waals surface area contributed by atoms with Gasteiger partial charge < -0.3 is 20.1 Å². The van der Waals surface area contributed by atoms with Gasteiger partial charge in [0.2, 0.25) is 0 Å². The Morgan fingerprint density at radius 2 is 1.71 bits per heavy atom. The van der Waals surface area contributed by atoms with E-state index in [4.69, 9.17) is 4.74 Å². The highest BCUT2D eigenvalue weighted by atomic mass is 16.5. The summed E-state index contributed by atoms with van der Waals surface area (Å²) < 4.78 is 5.43. The second-order valence-electron chi connectivity index (χ2n) is 4.69. The summed E-state index contributed by atoms with van der Waals surface area (Å²) >= 11 is 0. The Hall–Kier alpha value is -2.95. The summed E-state index contributed by atoms with van der Waals surface area (Å²) in [5, 5.41) is 28.6. The molecule has 0 amide bonds. The molecule has 0 aromatic heterocycles. The van der Waals surface area contributed by atoms with Gasteiger partial charge in [-0.3, -0.25) is 4.79 Å². The number of phenols is 3. The van der Waals surface area contributed by atoms with Gasteiger partial charge in [0.15, 0.2) is 17.3 Å². The highest BCUT2D eigenvalue weighted by Crippen LogP contribution is 2.39. The number of carbonyl (C=O) groups excluding carboxylic acids is 1. The van der Waals surface area contributed by atoms with E-state index in [0.717, 1.165) is 5.56 Å². The number of hydrogen-bond acceptors (Lipinski definition) is 5. The average Bonchev–Trinajstić information content (AvgIpc) is 2.48. The Morgan fingerprint density at radius 3 is 2.43 bits per heavy atom. The molecule has 1 heterocycles. The first-order valence-corrected chi connectivity index (χ1v) is 6.28. The third-order valence-electron chi connectivity index (χ3n) is 3.25. The molecule has 0 spiro atoms. The fourth-order valence-corrected chi connectivity index (χ4v) is 2.16. The molecule has 1 aliphatic rings. The summed E-state index contributed by atoms with van der Waals surface area (Å²) in [4.78, 5) is 12.4. The number of aromatic hydroxyl groups is 3. The summed E-state index contributed by atoms with van der Waals surface area (Å²) in [7, 11) is 0. The Kier molecular flexibility index (Phi) is 3.02. The number of rotatable bonds is 1. The fourth-order valence-electron chi connectivity index (χ4n) is 2.16. The monoisotopic (exact) mass is 284 g/mol. The average molecular weight is 284 g/mol. The van der Waals surface area contributed by atoms with E-state index in [-0.39, 0.29) is 29.4 Å². The van der Waals surface area contributed by atoms with Crippen LogP contribution in [-0.4, -0.2) is 27.7 Å². The molecule has 2 aromatic rings. The predicted octanol–water partition coefficient (Wildman–Crippen LogP) is 2.46. The molecule has 2 aromatic carbocycles. The van der Waals surface area contributed by atoms with Crippen molar-refractivity contribution in [1.29, 1.82) is 0 Å². The maximum Gasteiger partial charge on any atom is 0.200 e. The molecule has 21 heavy (non-hydrogen) atoms. The third-order valence-corrected chi connectivity index (χ3v) is 3.25. The van der Waals surface area contributed by atoms with Crippen molar-refractivity contribution in [3.63, 3.8) is 0 Å². The van der Waals surface area contributed by atoms with Gasteiger partial charge in [0.1, 0.15) is 23.7 Å². The lowest BCUT2D eigenvalue weighted by atomic mass is 9.97. The van der Waals surface area contributed by atoms with E-state index in [0.29, 0.717) is 5.57 Å². The van der Waals surface area contributed by atoms with Crippen molar-refractivity contribution in [3.8, 4) is 23.0 Å². The summed E-state index contributed by atoms with van der Waals surface area (Å²) in [5.74, 6) is -0.849. The van der Waals surface area contributed by atoms with Crippen LogP contribution in [0.1, 0.15) is 15.9 Å². The lowest BCUT2D eigenvalue weighted by molar-refractivity contribution is 0.0996. The van der Waals surface area contributed by atoms with E-state index >= 15 is 0 Å². The molecule has 1 aliphatic heterocycles. The van der Waals surface area contributed by atoms with E-state index in [9.17, 15) is 20.1 Å². The van der Waals surface area contributed by atoms with Crippen LogP contribution in [0, 0.1) is 0 Å². The standard InChI is InChI=1S/C16H12O5/c17-11-3-1-9(2-4-11)7-10-8-21-13-6-5-12(18)16(20)14(13)15(10)19/h1-7,17-18,20H,8H2/b10-7+. The third kappa shape index (κ3) is 2.29. The molecule has 0 unspecified atom stereocenters.